The van der Waals surface area contributed by atoms with E-state index < -0.39 is 5.82 Å². The third-order valence-electron chi connectivity index (χ3n) is 5.46. The number of nitrogens with zero attached hydrogens (tertiary/aromatic N) is 1. The second-order valence-electron chi connectivity index (χ2n) is 7.90. The summed E-state index contributed by atoms with van der Waals surface area (Å²) >= 11 is 0. The Balaban J connectivity index is 1.58. The largest absolute Gasteiger partial charge is 0.487 e. The van der Waals surface area contributed by atoms with Crippen LogP contribution in [0.5, 0.6) is 5.75 Å². The van der Waals surface area contributed by atoms with E-state index in [0.29, 0.717) is 45.9 Å². The molecule has 1 aliphatic heterocycles. The van der Waals surface area contributed by atoms with Crippen LogP contribution >= 0.6 is 0 Å². The van der Waals surface area contributed by atoms with Crippen LogP contribution in [0.25, 0.3) is 11.1 Å². The van der Waals surface area contributed by atoms with Gasteiger partial charge in [0.05, 0.1) is 12.2 Å². The van der Waals surface area contributed by atoms with E-state index in [2.05, 4.69) is 10.5 Å². The highest BCUT2D eigenvalue weighted by Crippen LogP contribution is 2.41. The number of halogens is 1. The number of fused-ring (bicyclic) bond motifs is 1. The number of aryl methyl sites for hydroxylation is 3. The zero-order valence-corrected chi connectivity index (χ0v) is 17.8. The SMILES string of the molecule is CC(=O)c1ccc(F)c(-c2cc(C)cc3c2OC(CNC(=O)c2c(C)noc2C)C3)c1. The van der Waals surface area contributed by atoms with Crippen molar-refractivity contribution in [2.24, 2.45) is 0 Å². The van der Waals surface area contributed by atoms with Crippen LogP contribution in [-0.2, 0) is 6.42 Å². The van der Waals surface area contributed by atoms with Crippen molar-refractivity contribution in [2.75, 3.05) is 6.54 Å². The highest BCUT2D eigenvalue weighted by atomic mass is 19.1. The maximum atomic E-state index is 14.7. The first kappa shape index (κ1) is 20.8. The van der Waals surface area contributed by atoms with E-state index >= 15 is 0 Å². The average Bonchev–Trinajstić information content (AvgIpc) is 3.28. The number of Topliss-reactive ketones (excluding diaryl/α,β-unsaturated/α-hetero) is 1. The van der Waals surface area contributed by atoms with Crippen LogP contribution in [0.2, 0.25) is 0 Å². The Morgan fingerprint density at radius 3 is 2.61 bits per heavy atom. The molecule has 0 aliphatic carbocycles. The molecule has 1 N–H and O–H groups in total. The maximum absolute atomic E-state index is 14.7. The standard InChI is InChI=1S/C24H23FN2O4/c1-12-7-17-9-18(11-26-24(29)22-13(2)27-31-15(22)4)30-23(17)20(8-12)19-10-16(14(3)28)5-6-21(19)25/h5-8,10,18H,9,11H2,1-4H3,(H,26,29). The summed E-state index contributed by atoms with van der Waals surface area (Å²) in [6.45, 7) is 7.07. The fourth-order valence-electron chi connectivity index (χ4n) is 3.96. The lowest BCUT2D eigenvalue weighted by atomic mass is 9.95. The molecule has 0 saturated carbocycles. The Hall–Kier alpha value is -3.48. The first-order valence-electron chi connectivity index (χ1n) is 10.1. The Kier molecular flexibility index (Phi) is 5.35. The van der Waals surface area contributed by atoms with E-state index in [0.717, 1.165) is 11.1 Å². The number of ether oxygens (including phenoxy) is 1. The Morgan fingerprint density at radius 2 is 1.94 bits per heavy atom. The van der Waals surface area contributed by atoms with E-state index in [9.17, 15) is 14.0 Å². The molecule has 31 heavy (non-hydrogen) atoms. The van der Waals surface area contributed by atoms with Crippen molar-refractivity contribution in [2.45, 2.75) is 40.2 Å². The predicted molar refractivity (Wildman–Crippen MR) is 113 cm³/mol. The minimum absolute atomic E-state index is 0.133. The van der Waals surface area contributed by atoms with Crippen LogP contribution in [-0.4, -0.2) is 29.5 Å². The minimum atomic E-state index is -0.420. The van der Waals surface area contributed by atoms with Crippen LogP contribution in [0.4, 0.5) is 4.39 Å². The van der Waals surface area contributed by atoms with Gasteiger partial charge < -0.3 is 14.6 Å². The quantitative estimate of drug-likeness (QED) is 0.619. The number of nitrogens with one attached hydrogen (secondary N) is 1. The van der Waals surface area contributed by atoms with Gasteiger partial charge in [-0.1, -0.05) is 11.2 Å². The number of hydrogen-bond acceptors (Lipinski definition) is 5. The van der Waals surface area contributed by atoms with Crippen LogP contribution in [0.3, 0.4) is 0 Å². The van der Waals surface area contributed by atoms with Crippen molar-refractivity contribution in [1.82, 2.24) is 10.5 Å². The minimum Gasteiger partial charge on any atom is -0.487 e. The molecular formula is C24H23FN2O4. The average molecular weight is 422 g/mol. The van der Waals surface area contributed by atoms with E-state index in [1.165, 1.54) is 19.1 Å². The van der Waals surface area contributed by atoms with Crippen molar-refractivity contribution in [3.8, 4) is 16.9 Å². The number of ketones is 1. The van der Waals surface area contributed by atoms with E-state index in [1.54, 1.807) is 19.9 Å². The molecule has 2 aromatic carbocycles. The summed E-state index contributed by atoms with van der Waals surface area (Å²) < 4.78 is 25.8. The Bertz CT molecular complexity index is 1180. The molecule has 1 unspecified atom stereocenters. The number of carbonyl (C=O) groups is 2. The zero-order valence-electron chi connectivity index (χ0n) is 17.8. The van der Waals surface area contributed by atoms with Gasteiger partial charge in [0.15, 0.2) is 5.78 Å². The monoisotopic (exact) mass is 422 g/mol. The lowest BCUT2D eigenvalue weighted by Gasteiger charge is -2.15. The summed E-state index contributed by atoms with van der Waals surface area (Å²) in [7, 11) is 0. The van der Waals surface area contributed by atoms with Gasteiger partial charge in [-0.25, -0.2) is 4.39 Å². The number of benzene rings is 2. The van der Waals surface area contributed by atoms with Gasteiger partial charge in [0.1, 0.15) is 29.0 Å². The highest BCUT2D eigenvalue weighted by molar-refractivity contribution is 5.96. The van der Waals surface area contributed by atoms with Gasteiger partial charge in [0, 0.05) is 23.1 Å². The lowest BCUT2D eigenvalue weighted by Crippen LogP contribution is -2.34. The van der Waals surface area contributed by atoms with Crippen LogP contribution < -0.4 is 10.1 Å². The normalized spacial score (nSPS) is 14.8. The molecule has 2 heterocycles. The van der Waals surface area contributed by atoms with Crippen LogP contribution in [0.15, 0.2) is 34.9 Å². The molecule has 160 valence electrons. The third-order valence-corrected chi connectivity index (χ3v) is 5.46. The summed E-state index contributed by atoms with van der Waals surface area (Å²) in [4.78, 5) is 24.3. The second kappa shape index (κ2) is 7.98. The van der Waals surface area contributed by atoms with Crippen molar-refractivity contribution < 1.29 is 23.2 Å². The predicted octanol–water partition coefficient (Wildman–Crippen LogP) is 4.34. The lowest BCUT2D eigenvalue weighted by molar-refractivity contribution is 0.0931. The van der Waals surface area contributed by atoms with Gasteiger partial charge in [-0.15, -0.1) is 0 Å². The third kappa shape index (κ3) is 3.95. The Morgan fingerprint density at radius 1 is 1.16 bits per heavy atom. The molecule has 1 aliphatic rings. The molecule has 0 saturated heterocycles. The molecule has 1 amide bonds. The molecule has 0 fully saturated rings. The summed E-state index contributed by atoms with van der Waals surface area (Å²) in [5, 5.41) is 6.68. The van der Waals surface area contributed by atoms with Crippen molar-refractivity contribution in [3.05, 3.63) is 69.9 Å². The number of rotatable bonds is 5. The molecular weight excluding hydrogens is 399 g/mol. The van der Waals surface area contributed by atoms with Crippen LogP contribution in [0, 0.1) is 26.6 Å². The molecule has 1 aromatic heterocycles. The maximum Gasteiger partial charge on any atom is 0.256 e. The van der Waals surface area contributed by atoms with E-state index in [4.69, 9.17) is 9.26 Å². The van der Waals surface area contributed by atoms with Gasteiger partial charge in [0.2, 0.25) is 0 Å². The molecule has 0 radical (unpaired) electrons. The number of carbonyl (C=O) groups excluding carboxylic acids is 2. The number of aromatic nitrogens is 1. The molecule has 1 atom stereocenters. The summed E-state index contributed by atoms with van der Waals surface area (Å²) in [6.07, 6.45) is 0.291. The molecule has 4 rings (SSSR count). The molecule has 0 bridgehead atoms. The van der Waals surface area contributed by atoms with E-state index in [1.807, 2.05) is 19.1 Å². The molecule has 7 heteroatoms. The summed E-state index contributed by atoms with van der Waals surface area (Å²) in [5.41, 5.74) is 4.24. The first-order chi connectivity index (χ1) is 14.7. The molecule has 6 nitrogen and oxygen atoms in total. The number of amides is 1. The number of hydrogen-bond donors (Lipinski definition) is 1. The summed E-state index contributed by atoms with van der Waals surface area (Å²) in [6, 6.07) is 8.19. The smallest absolute Gasteiger partial charge is 0.256 e. The van der Waals surface area contributed by atoms with Gasteiger partial charge in [0.25, 0.3) is 5.91 Å². The zero-order chi connectivity index (χ0) is 22.3. The summed E-state index contributed by atoms with van der Waals surface area (Å²) in [5.74, 6) is 0.224. The van der Waals surface area contributed by atoms with Crippen molar-refractivity contribution in [1.29, 1.82) is 0 Å². The Labute approximate surface area is 179 Å². The van der Waals surface area contributed by atoms with Crippen LogP contribution in [0.1, 0.15) is 50.2 Å². The van der Waals surface area contributed by atoms with Gasteiger partial charge in [-0.3, -0.25) is 9.59 Å². The molecule has 0 spiro atoms. The second-order valence-corrected chi connectivity index (χ2v) is 7.90. The van der Waals surface area contributed by atoms with Crippen molar-refractivity contribution in [3.63, 3.8) is 0 Å². The van der Waals surface area contributed by atoms with Gasteiger partial charge in [-0.2, -0.15) is 0 Å². The topological polar surface area (TPSA) is 81.4 Å². The van der Waals surface area contributed by atoms with Gasteiger partial charge >= 0.3 is 0 Å². The van der Waals surface area contributed by atoms with Gasteiger partial charge in [-0.05, 0) is 63.1 Å². The fourth-order valence-corrected chi connectivity index (χ4v) is 3.96. The fraction of sp³-hybridized carbons (Fsp3) is 0.292. The highest BCUT2D eigenvalue weighted by Gasteiger charge is 2.28. The van der Waals surface area contributed by atoms with Crippen molar-refractivity contribution >= 4 is 11.7 Å². The first-order valence-corrected chi connectivity index (χ1v) is 10.1. The molecule has 3 aromatic rings. The van der Waals surface area contributed by atoms with E-state index in [-0.39, 0.29) is 24.3 Å².